The minimum atomic E-state index is 0.369. The van der Waals surface area contributed by atoms with Crippen LogP contribution in [-0.2, 0) is 4.74 Å². The molecular weight excluding hydrogens is 248 g/mol. The molecule has 0 aliphatic carbocycles. The van der Waals surface area contributed by atoms with Gasteiger partial charge in [-0.05, 0) is 12.8 Å². The minimum Gasteiger partial charge on any atom is -0.396 e. The molecule has 20 heavy (non-hydrogen) atoms. The van der Waals surface area contributed by atoms with Gasteiger partial charge in [-0.25, -0.2) is 0 Å². The summed E-state index contributed by atoms with van der Waals surface area (Å²) in [5.74, 6) is 0. The summed E-state index contributed by atoms with van der Waals surface area (Å²) in [6.45, 7) is 1.40. The van der Waals surface area contributed by atoms with Gasteiger partial charge in [0, 0.05) is 6.61 Å². The van der Waals surface area contributed by atoms with E-state index in [2.05, 4.69) is 0 Å². The van der Waals surface area contributed by atoms with Crippen molar-refractivity contribution >= 4 is 0 Å². The van der Waals surface area contributed by atoms with Gasteiger partial charge < -0.3 is 9.84 Å². The van der Waals surface area contributed by atoms with Crippen molar-refractivity contribution in [3.05, 3.63) is 0 Å². The molecule has 0 aromatic carbocycles. The van der Waals surface area contributed by atoms with Crippen LogP contribution in [-0.4, -0.2) is 24.4 Å². The van der Waals surface area contributed by atoms with E-state index in [9.17, 15) is 0 Å². The average Bonchev–Trinajstić information content (AvgIpc) is 3.27. The van der Waals surface area contributed by atoms with Gasteiger partial charge in [-0.15, -0.1) is 0 Å². The van der Waals surface area contributed by atoms with Gasteiger partial charge in [0.2, 0.25) is 0 Å². The molecular formula is C18H36O2. The zero-order valence-electron chi connectivity index (χ0n) is 13.5. The van der Waals surface area contributed by atoms with Crippen LogP contribution in [0.25, 0.3) is 0 Å². The number of epoxide rings is 1. The standard InChI is InChI=1S/C18H36O2/c19-16-14-12-10-8-6-4-2-1-3-5-7-9-11-13-15-18-17-20-18/h18-19H,1-17H2. The number of ether oxygens (including phenoxy) is 1. The number of unbranched alkanes of at least 4 members (excludes halogenated alkanes) is 13. The molecule has 120 valence electrons. The Morgan fingerprint density at radius 1 is 0.600 bits per heavy atom. The first-order valence-corrected chi connectivity index (χ1v) is 9.16. The summed E-state index contributed by atoms with van der Waals surface area (Å²) < 4.78 is 5.22. The van der Waals surface area contributed by atoms with Crippen LogP contribution >= 0.6 is 0 Å². The predicted molar refractivity (Wildman–Crippen MR) is 86.1 cm³/mol. The quantitative estimate of drug-likeness (QED) is 0.311. The lowest BCUT2D eigenvalue weighted by atomic mass is 10.0. The molecule has 1 saturated heterocycles. The zero-order chi connectivity index (χ0) is 14.3. The predicted octanol–water partition coefficient (Wildman–Crippen LogP) is 5.23. The van der Waals surface area contributed by atoms with Gasteiger partial charge in [-0.3, -0.25) is 0 Å². The van der Waals surface area contributed by atoms with E-state index < -0.39 is 0 Å². The van der Waals surface area contributed by atoms with Crippen molar-refractivity contribution in [2.24, 2.45) is 0 Å². The van der Waals surface area contributed by atoms with Gasteiger partial charge in [0.05, 0.1) is 12.7 Å². The van der Waals surface area contributed by atoms with E-state index in [4.69, 9.17) is 9.84 Å². The Kier molecular flexibility index (Phi) is 12.5. The normalized spacial score (nSPS) is 17.6. The monoisotopic (exact) mass is 284 g/mol. The summed E-state index contributed by atoms with van der Waals surface area (Å²) in [4.78, 5) is 0. The van der Waals surface area contributed by atoms with Crippen LogP contribution in [0.15, 0.2) is 0 Å². The Labute approximate surface area is 126 Å². The van der Waals surface area contributed by atoms with Crippen LogP contribution in [0.2, 0.25) is 0 Å². The summed E-state index contributed by atoms with van der Waals surface area (Å²) in [6, 6.07) is 0. The summed E-state index contributed by atoms with van der Waals surface area (Å²) in [6.07, 6.45) is 21.0. The van der Waals surface area contributed by atoms with Crippen LogP contribution in [0.5, 0.6) is 0 Å². The third kappa shape index (κ3) is 12.9. The van der Waals surface area contributed by atoms with Gasteiger partial charge >= 0.3 is 0 Å². The van der Waals surface area contributed by atoms with Gasteiger partial charge in [0.25, 0.3) is 0 Å². The third-order valence-electron chi connectivity index (χ3n) is 4.34. The van der Waals surface area contributed by atoms with Crippen molar-refractivity contribution in [2.45, 2.75) is 102 Å². The molecule has 1 N–H and O–H groups in total. The smallest absolute Gasteiger partial charge is 0.0810 e. The highest BCUT2D eigenvalue weighted by Crippen LogP contribution is 2.18. The van der Waals surface area contributed by atoms with E-state index >= 15 is 0 Å². The van der Waals surface area contributed by atoms with Crippen LogP contribution in [0.3, 0.4) is 0 Å². The Morgan fingerprint density at radius 2 is 0.950 bits per heavy atom. The van der Waals surface area contributed by atoms with E-state index in [-0.39, 0.29) is 0 Å². The molecule has 2 heteroatoms. The lowest BCUT2D eigenvalue weighted by Gasteiger charge is -2.03. The Balaban J connectivity index is 1.60. The molecule has 0 bridgehead atoms. The Hall–Kier alpha value is -0.0800. The van der Waals surface area contributed by atoms with Crippen molar-refractivity contribution < 1.29 is 9.84 Å². The van der Waals surface area contributed by atoms with Crippen LogP contribution < -0.4 is 0 Å². The highest BCUT2D eigenvalue weighted by molar-refractivity contribution is 4.68. The van der Waals surface area contributed by atoms with Gasteiger partial charge in [0.15, 0.2) is 0 Å². The summed E-state index contributed by atoms with van der Waals surface area (Å²) in [5, 5.41) is 8.68. The fraction of sp³-hybridized carbons (Fsp3) is 1.00. The molecule has 0 saturated carbocycles. The number of aliphatic hydroxyl groups excluding tert-OH is 1. The van der Waals surface area contributed by atoms with Gasteiger partial charge in [-0.2, -0.15) is 0 Å². The van der Waals surface area contributed by atoms with Crippen molar-refractivity contribution in [3.8, 4) is 0 Å². The fourth-order valence-electron chi connectivity index (χ4n) is 2.84. The highest BCUT2D eigenvalue weighted by atomic mass is 16.6. The molecule has 1 fully saturated rings. The Morgan fingerprint density at radius 3 is 1.30 bits per heavy atom. The average molecular weight is 284 g/mol. The van der Waals surface area contributed by atoms with Gasteiger partial charge in [0.1, 0.15) is 0 Å². The molecule has 1 unspecified atom stereocenters. The van der Waals surface area contributed by atoms with Crippen LogP contribution in [0.1, 0.15) is 96.3 Å². The summed E-state index contributed by atoms with van der Waals surface area (Å²) >= 11 is 0. The first-order valence-electron chi connectivity index (χ1n) is 9.16. The maximum absolute atomic E-state index is 8.68. The molecule has 1 rings (SSSR count). The van der Waals surface area contributed by atoms with Crippen molar-refractivity contribution in [2.75, 3.05) is 13.2 Å². The first kappa shape index (κ1) is 18.0. The van der Waals surface area contributed by atoms with Gasteiger partial charge in [-0.1, -0.05) is 83.5 Å². The van der Waals surface area contributed by atoms with Crippen LogP contribution in [0.4, 0.5) is 0 Å². The molecule has 1 aliphatic rings. The molecule has 0 aromatic rings. The zero-order valence-corrected chi connectivity index (χ0v) is 13.5. The third-order valence-corrected chi connectivity index (χ3v) is 4.34. The lowest BCUT2D eigenvalue weighted by molar-refractivity contribution is 0.282. The van der Waals surface area contributed by atoms with E-state index in [1.807, 2.05) is 0 Å². The number of hydrogen-bond acceptors (Lipinski definition) is 2. The molecule has 1 atom stereocenters. The van der Waals surface area contributed by atoms with E-state index in [1.54, 1.807) is 0 Å². The van der Waals surface area contributed by atoms with Crippen molar-refractivity contribution in [1.29, 1.82) is 0 Å². The SMILES string of the molecule is OCCCCCCCCCCCCCCCCC1CO1. The van der Waals surface area contributed by atoms with E-state index in [0.29, 0.717) is 12.7 Å². The minimum absolute atomic E-state index is 0.369. The van der Waals surface area contributed by atoms with Crippen molar-refractivity contribution in [1.82, 2.24) is 0 Å². The van der Waals surface area contributed by atoms with E-state index in [1.165, 1.54) is 89.9 Å². The molecule has 1 aliphatic heterocycles. The fourth-order valence-corrected chi connectivity index (χ4v) is 2.84. The second-order valence-electron chi connectivity index (χ2n) is 6.42. The number of hydrogen-bond donors (Lipinski definition) is 1. The molecule has 0 amide bonds. The van der Waals surface area contributed by atoms with Crippen LogP contribution in [0, 0.1) is 0 Å². The Bertz CT molecular complexity index is 190. The lowest BCUT2D eigenvalue weighted by Crippen LogP contribution is -1.86. The first-order chi connectivity index (χ1) is 9.93. The molecule has 2 nitrogen and oxygen atoms in total. The largest absolute Gasteiger partial charge is 0.396 e. The molecule has 1 heterocycles. The second-order valence-corrected chi connectivity index (χ2v) is 6.42. The summed E-state index contributed by atoms with van der Waals surface area (Å²) in [7, 11) is 0. The van der Waals surface area contributed by atoms with E-state index in [0.717, 1.165) is 13.0 Å². The van der Waals surface area contributed by atoms with Crippen molar-refractivity contribution in [3.63, 3.8) is 0 Å². The summed E-state index contributed by atoms with van der Waals surface area (Å²) in [5.41, 5.74) is 0. The number of aliphatic hydroxyl groups is 1. The number of rotatable bonds is 16. The maximum Gasteiger partial charge on any atom is 0.0810 e. The molecule has 0 radical (unpaired) electrons. The molecule has 0 aromatic heterocycles. The highest BCUT2D eigenvalue weighted by Gasteiger charge is 2.20. The second kappa shape index (κ2) is 13.9. The topological polar surface area (TPSA) is 32.8 Å². The maximum atomic E-state index is 8.68. The molecule has 0 spiro atoms.